The number of benzene rings is 1. The van der Waals surface area contributed by atoms with E-state index in [9.17, 15) is 4.79 Å². The Bertz CT molecular complexity index is 371. The summed E-state index contributed by atoms with van der Waals surface area (Å²) in [5, 5.41) is 8.63. The number of carbonyl (C=O) groups is 1. The van der Waals surface area contributed by atoms with Gasteiger partial charge in [0, 0.05) is 6.42 Å². The molecule has 0 aliphatic carbocycles. The van der Waals surface area contributed by atoms with Crippen LogP contribution in [0.4, 0.5) is 0 Å². The van der Waals surface area contributed by atoms with E-state index in [1.807, 2.05) is 13.0 Å². The van der Waals surface area contributed by atoms with Crippen molar-refractivity contribution in [3.63, 3.8) is 0 Å². The van der Waals surface area contributed by atoms with Gasteiger partial charge in [-0.25, -0.2) is 0 Å². The third-order valence-electron chi connectivity index (χ3n) is 2.82. The fourth-order valence-corrected chi connectivity index (χ4v) is 1.83. The molecule has 3 nitrogen and oxygen atoms in total. The highest BCUT2D eigenvalue weighted by molar-refractivity contribution is 5.69. The van der Waals surface area contributed by atoms with Gasteiger partial charge in [-0.05, 0) is 43.7 Å². The van der Waals surface area contributed by atoms with Crippen LogP contribution in [0.3, 0.4) is 0 Å². The smallest absolute Gasteiger partial charge is 0.306 e. The van der Waals surface area contributed by atoms with Crippen LogP contribution in [0.1, 0.15) is 53.9 Å². The van der Waals surface area contributed by atoms with Crippen molar-refractivity contribution in [1.82, 2.24) is 0 Å². The zero-order valence-corrected chi connectivity index (χ0v) is 14.0. The van der Waals surface area contributed by atoms with Gasteiger partial charge in [-0.3, -0.25) is 4.79 Å². The van der Waals surface area contributed by atoms with Crippen LogP contribution in [0.15, 0.2) is 30.3 Å². The maximum absolute atomic E-state index is 11.3. The monoisotopic (exact) mass is 294 g/mol. The Kier molecular flexibility index (Phi) is 10.4. The van der Waals surface area contributed by atoms with Crippen LogP contribution in [-0.2, 0) is 9.53 Å². The number of para-hydroxylation sites is 1. The lowest BCUT2D eigenvalue weighted by Crippen LogP contribution is -2.17. The lowest BCUT2D eigenvalue weighted by Gasteiger charge is -2.15. The van der Waals surface area contributed by atoms with Crippen LogP contribution in [0, 0.1) is 11.8 Å². The minimum Gasteiger partial charge on any atom is -0.508 e. The Labute approximate surface area is 129 Å². The summed E-state index contributed by atoms with van der Waals surface area (Å²) < 4.78 is 5.27. The van der Waals surface area contributed by atoms with E-state index in [2.05, 4.69) is 27.7 Å². The number of rotatable bonds is 6. The van der Waals surface area contributed by atoms with Gasteiger partial charge in [0.15, 0.2) is 0 Å². The molecule has 0 fully saturated rings. The molecule has 0 saturated carbocycles. The molecule has 120 valence electrons. The van der Waals surface area contributed by atoms with Gasteiger partial charge >= 0.3 is 5.97 Å². The van der Waals surface area contributed by atoms with Gasteiger partial charge in [0.25, 0.3) is 0 Å². The first-order valence-corrected chi connectivity index (χ1v) is 7.74. The molecule has 0 radical (unpaired) electrons. The zero-order valence-electron chi connectivity index (χ0n) is 14.0. The molecule has 1 N–H and O–H groups in total. The van der Waals surface area contributed by atoms with E-state index in [1.54, 1.807) is 24.3 Å². The largest absolute Gasteiger partial charge is 0.508 e. The summed E-state index contributed by atoms with van der Waals surface area (Å²) in [7, 11) is 0. The predicted octanol–water partition coefficient (Wildman–Crippen LogP) is 4.79. The van der Waals surface area contributed by atoms with E-state index in [0.717, 1.165) is 12.8 Å². The number of esters is 1. The van der Waals surface area contributed by atoms with Gasteiger partial charge in [0.05, 0.1) is 6.10 Å². The van der Waals surface area contributed by atoms with Crippen molar-refractivity contribution in [2.24, 2.45) is 11.8 Å². The molecule has 3 heteroatoms. The van der Waals surface area contributed by atoms with E-state index >= 15 is 0 Å². The van der Waals surface area contributed by atoms with E-state index in [0.29, 0.717) is 24.0 Å². The molecule has 0 heterocycles. The molecular weight excluding hydrogens is 264 g/mol. The molecule has 0 bridgehead atoms. The topological polar surface area (TPSA) is 46.5 Å². The predicted molar refractivity (Wildman–Crippen MR) is 87.2 cm³/mol. The van der Waals surface area contributed by atoms with Crippen LogP contribution in [0.2, 0.25) is 0 Å². The fourth-order valence-electron chi connectivity index (χ4n) is 1.83. The summed E-state index contributed by atoms with van der Waals surface area (Å²) in [5.74, 6) is 1.43. The number of phenols is 1. The molecule has 0 aromatic heterocycles. The molecule has 1 rings (SSSR count). The Balaban J connectivity index is 0.000000471. The van der Waals surface area contributed by atoms with Crippen molar-refractivity contribution in [3.8, 4) is 5.75 Å². The van der Waals surface area contributed by atoms with Gasteiger partial charge in [0.2, 0.25) is 0 Å². The first-order valence-electron chi connectivity index (χ1n) is 7.74. The van der Waals surface area contributed by atoms with Crippen molar-refractivity contribution in [3.05, 3.63) is 30.3 Å². The van der Waals surface area contributed by atoms with Crippen LogP contribution in [0.5, 0.6) is 5.75 Å². The van der Waals surface area contributed by atoms with E-state index < -0.39 is 0 Å². The Hall–Kier alpha value is -1.51. The molecule has 1 aromatic rings. The second-order valence-corrected chi connectivity index (χ2v) is 6.20. The summed E-state index contributed by atoms with van der Waals surface area (Å²) in [6.07, 6.45) is 2.50. The highest BCUT2D eigenvalue weighted by atomic mass is 16.5. The van der Waals surface area contributed by atoms with Gasteiger partial charge < -0.3 is 9.84 Å². The minimum atomic E-state index is -0.0492. The highest BCUT2D eigenvalue weighted by Gasteiger charge is 2.11. The lowest BCUT2D eigenvalue weighted by molar-refractivity contribution is -0.149. The molecule has 0 spiro atoms. The van der Waals surface area contributed by atoms with E-state index in [-0.39, 0.29) is 12.1 Å². The number of ether oxygens (including phenoxy) is 1. The van der Waals surface area contributed by atoms with Crippen molar-refractivity contribution in [2.75, 3.05) is 0 Å². The average Bonchev–Trinajstić information content (AvgIpc) is 2.37. The third-order valence-corrected chi connectivity index (χ3v) is 2.82. The molecular formula is C18H30O3. The Morgan fingerprint density at radius 2 is 1.62 bits per heavy atom. The number of carbonyl (C=O) groups excluding carboxylic acids is 1. The van der Waals surface area contributed by atoms with Crippen molar-refractivity contribution >= 4 is 5.97 Å². The summed E-state index contributed by atoms with van der Waals surface area (Å²) in [4.78, 5) is 11.3. The highest BCUT2D eigenvalue weighted by Crippen LogP contribution is 2.10. The summed E-state index contributed by atoms with van der Waals surface area (Å²) in [6, 6.07) is 8.71. The second-order valence-electron chi connectivity index (χ2n) is 6.20. The maximum atomic E-state index is 11.3. The number of aromatic hydroxyl groups is 1. The number of hydrogen-bond acceptors (Lipinski definition) is 3. The van der Waals surface area contributed by atoms with E-state index in [4.69, 9.17) is 9.84 Å². The average molecular weight is 294 g/mol. The molecule has 0 aliphatic heterocycles. The van der Waals surface area contributed by atoms with Crippen LogP contribution < -0.4 is 0 Å². The standard InChI is InChI=1S/C12H24O2.C6H6O/c1-9(2)6-7-12(13)14-11(5)8-10(3)4;7-6-4-2-1-3-5-6/h9-11H,6-8H2,1-5H3;1-5,7H. The summed E-state index contributed by atoms with van der Waals surface area (Å²) in [6.45, 7) is 10.5. The van der Waals surface area contributed by atoms with Crippen molar-refractivity contribution in [2.45, 2.75) is 60.0 Å². The van der Waals surface area contributed by atoms with Crippen molar-refractivity contribution < 1.29 is 14.6 Å². The summed E-state index contributed by atoms with van der Waals surface area (Å²) in [5.41, 5.74) is 0. The number of hydrogen-bond donors (Lipinski definition) is 1. The molecule has 0 saturated heterocycles. The maximum Gasteiger partial charge on any atom is 0.306 e. The third kappa shape index (κ3) is 13.2. The Morgan fingerprint density at radius 1 is 1.05 bits per heavy atom. The van der Waals surface area contributed by atoms with Crippen LogP contribution in [-0.4, -0.2) is 17.2 Å². The van der Waals surface area contributed by atoms with Gasteiger partial charge in [-0.1, -0.05) is 45.9 Å². The minimum absolute atomic E-state index is 0.0492. The SMILES string of the molecule is CC(C)CCC(=O)OC(C)CC(C)C.Oc1ccccc1. The Morgan fingerprint density at radius 3 is 2.00 bits per heavy atom. The zero-order chi connectivity index (χ0) is 16.3. The normalized spacial score (nSPS) is 11.8. The molecule has 0 amide bonds. The molecule has 0 aliphatic rings. The van der Waals surface area contributed by atoms with Crippen molar-refractivity contribution in [1.29, 1.82) is 0 Å². The molecule has 1 unspecified atom stereocenters. The molecule has 1 aromatic carbocycles. The fraction of sp³-hybridized carbons (Fsp3) is 0.611. The molecule has 21 heavy (non-hydrogen) atoms. The van der Waals surface area contributed by atoms with E-state index in [1.165, 1.54) is 0 Å². The van der Waals surface area contributed by atoms with Crippen LogP contribution in [0.25, 0.3) is 0 Å². The first-order chi connectivity index (χ1) is 9.81. The summed E-state index contributed by atoms with van der Waals surface area (Å²) >= 11 is 0. The number of phenolic OH excluding ortho intramolecular Hbond substituents is 1. The molecule has 1 atom stereocenters. The van der Waals surface area contributed by atoms with Gasteiger partial charge in [-0.15, -0.1) is 0 Å². The van der Waals surface area contributed by atoms with Crippen LogP contribution >= 0.6 is 0 Å². The van der Waals surface area contributed by atoms with Gasteiger partial charge in [0.1, 0.15) is 5.75 Å². The first kappa shape index (κ1) is 19.5. The second kappa shape index (κ2) is 11.2. The quantitative estimate of drug-likeness (QED) is 0.767. The van der Waals surface area contributed by atoms with Gasteiger partial charge in [-0.2, -0.15) is 0 Å². The lowest BCUT2D eigenvalue weighted by atomic mass is 10.1.